The summed E-state index contributed by atoms with van der Waals surface area (Å²) in [6.45, 7) is 6.80. The molecule has 2 saturated heterocycles. The van der Waals surface area contributed by atoms with Crippen molar-refractivity contribution in [3.8, 4) is 6.07 Å². The van der Waals surface area contributed by atoms with E-state index in [0.717, 1.165) is 58.2 Å². The Morgan fingerprint density at radius 3 is 2.85 bits per heavy atom. The van der Waals surface area contributed by atoms with E-state index in [2.05, 4.69) is 25.8 Å². The molecule has 20 heavy (non-hydrogen) atoms. The Bertz CT molecular complexity index is 495. The molecule has 3 heterocycles. The maximum atomic E-state index is 9.10. The van der Waals surface area contributed by atoms with Crippen LogP contribution in [-0.4, -0.2) is 60.8 Å². The van der Waals surface area contributed by atoms with Crippen molar-refractivity contribution in [2.45, 2.75) is 6.42 Å². The van der Waals surface area contributed by atoms with Gasteiger partial charge < -0.3 is 9.64 Å². The zero-order valence-electron chi connectivity index (χ0n) is 11.5. The summed E-state index contributed by atoms with van der Waals surface area (Å²) in [6, 6.07) is 2.13. The van der Waals surface area contributed by atoms with Gasteiger partial charge in [-0.1, -0.05) is 0 Å². The van der Waals surface area contributed by atoms with Gasteiger partial charge in [0.15, 0.2) is 11.5 Å². The number of nitrogens with zero attached hydrogens (tertiary/aromatic N) is 5. The first-order valence-corrected chi connectivity index (χ1v) is 7.13. The van der Waals surface area contributed by atoms with Crippen molar-refractivity contribution in [2.75, 3.05) is 50.8 Å². The van der Waals surface area contributed by atoms with Crippen LogP contribution < -0.4 is 4.90 Å². The average molecular weight is 273 g/mol. The van der Waals surface area contributed by atoms with Gasteiger partial charge in [0.25, 0.3) is 0 Å². The van der Waals surface area contributed by atoms with Crippen molar-refractivity contribution in [3.05, 3.63) is 18.1 Å². The Morgan fingerprint density at radius 1 is 1.25 bits per heavy atom. The van der Waals surface area contributed by atoms with Gasteiger partial charge in [-0.3, -0.25) is 4.90 Å². The van der Waals surface area contributed by atoms with Crippen LogP contribution in [0.3, 0.4) is 0 Å². The van der Waals surface area contributed by atoms with Crippen molar-refractivity contribution < 1.29 is 4.74 Å². The van der Waals surface area contributed by atoms with Crippen molar-refractivity contribution >= 4 is 5.82 Å². The van der Waals surface area contributed by atoms with Crippen molar-refractivity contribution in [1.82, 2.24) is 14.9 Å². The van der Waals surface area contributed by atoms with Crippen LogP contribution in [0.1, 0.15) is 12.1 Å². The van der Waals surface area contributed by atoms with Crippen molar-refractivity contribution in [3.63, 3.8) is 0 Å². The van der Waals surface area contributed by atoms with Gasteiger partial charge in [0, 0.05) is 45.1 Å². The lowest BCUT2D eigenvalue weighted by molar-refractivity contribution is 0.0320. The minimum atomic E-state index is 0.430. The van der Waals surface area contributed by atoms with E-state index in [0.29, 0.717) is 11.6 Å². The second-order valence-electron chi connectivity index (χ2n) is 5.35. The molecule has 1 aromatic heterocycles. The van der Waals surface area contributed by atoms with Gasteiger partial charge in [0.05, 0.1) is 13.2 Å². The van der Waals surface area contributed by atoms with Crippen LogP contribution in [0.15, 0.2) is 12.4 Å². The summed E-state index contributed by atoms with van der Waals surface area (Å²) in [5.74, 6) is 1.38. The van der Waals surface area contributed by atoms with Gasteiger partial charge >= 0.3 is 0 Å². The fourth-order valence-corrected chi connectivity index (χ4v) is 2.96. The molecule has 0 N–H and O–H groups in total. The maximum absolute atomic E-state index is 9.10. The van der Waals surface area contributed by atoms with Gasteiger partial charge in [0.1, 0.15) is 6.07 Å². The molecule has 0 radical (unpaired) electrons. The highest BCUT2D eigenvalue weighted by molar-refractivity contribution is 5.50. The molecule has 1 atom stereocenters. The second-order valence-corrected chi connectivity index (χ2v) is 5.35. The van der Waals surface area contributed by atoms with Crippen LogP contribution in [0.5, 0.6) is 0 Å². The second kappa shape index (κ2) is 6.16. The summed E-state index contributed by atoms with van der Waals surface area (Å²) in [5, 5.41) is 9.10. The van der Waals surface area contributed by atoms with Gasteiger partial charge in [-0.25, -0.2) is 9.97 Å². The van der Waals surface area contributed by atoms with Crippen molar-refractivity contribution in [2.24, 2.45) is 5.92 Å². The standard InChI is InChI=1S/C14H19N5O/c15-9-13-14(17-3-2-16-13)19-4-1-12(11-19)10-18-5-7-20-8-6-18/h2-3,12H,1,4-8,10-11H2. The number of aromatic nitrogens is 2. The Balaban J connectivity index is 1.60. The molecule has 0 amide bonds. The third-order valence-electron chi connectivity index (χ3n) is 3.99. The van der Waals surface area contributed by atoms with E-state index in [1.807, 2.05) is 0 Å². The van der Waals surface area contributed by atoms with E-state index in [1.54, 1.807) is 12.4 Å². The molecule has 0 aromatic carbocycles. The largest absolute Gasteiger partial charge is 0.379 e. The number of anilines is 1. The lowest BCUT2D eigenvalue weighted by Gasteiger charge is -2.29. The number of rotatable bonds is 3. The minimum absolute atomic E-state index is 0.430. The molecule has 0 bridgehead atoms. The average Bonchev–Trinajstić information content (AvgIpc) is 2.96. The first kappa shape index (κ1) is 13.3. The van der Waals surface area contributed by atoms with Gasteiger partial charge in [0.2, 0.25) is 0 Å². The van der Waals surface area contributed by atoms with Crippen LogP contribution in [0.2, 0.25) is 0 Å². The predicted molar refractivity (Wildman–Crippen MR) is 74.3 cm³/mol. The van der Waals surface area contributed by atoms with E-state index in [4.69, 9.17) is 10.00 Å². The molecule has 106 valence electrons. The topological polar surface area (TPSA) is 65.3 Å². The summed E-state index contributed by atoms with van der Waals surface area (Å²) < 4.78 is 5.38. The zero-order chi connectivity index (χ0) is 13.8. The molecule has 1 unspecified atom stereocenters. The number of hydrogen-bond donors (Lipinski definition) is 0. The smallest absolute Gasteiger partial charge is 0.183 e. The highest BCUT2D eigenvalue weighted by Gasteiger charge is 2.27. The Morgan fingerprint density at radius 2 is 2.05 bits per heavy atom. The van der Waals surface area contributed by atoms with Gasteiger partial charge in [-0.15, -0.1) is 0 Å². The van der Waals surface area contributed by atoms with Crippen LogP contribution in [0.4, 0.5) is 5.82 Å². The highest BCUT2D eigenvalue weighted by Crippen LogP contribution is 2.24. The van der Waals surface area contributed by atoms with Crippen LogP contribution >= 0.6 is 0 Å². The lowest BCUT2D eigenvalue weighted by atomic mass is 10.1. The van der Waals surface area contributed by atoms with Crippen LogP contribution in [-0.2, 0) is 4.74 Å². The van der Waals surface area contributed by atoms with E-state index >= 15 is 0 Å². The number of ether oxygens (including phenoxy) is 1. The Kier molecular flexibility index (Phi) is 4.09. The Hall–Kier alpha value is -1.71. The molecule has 3 rings (SSSR count). The summed E-state index contributed by atoms with van der Waals surface area (Å²) in [4.78, 5) is 13.1. The van der Waals surface area contributed by atoms with E-state index in [-0.39, 0.29) is 0 Å². The summed E-state index contributed by atoms with van der Waals surface area (Å²) in [5.41, 5.74) is 0.430. The summed E-state index contributed by atoms with van der Waals surface area (Å²) >= 11 is 0. The van der Waals surface area contributed by atoms with Gasteiger partial charge in [-0.2, -0.15) is 5.26 Å². The number of morpholine rings is 1. The van der Waals surface area contributed by atoms with Crippen LogP contribution in [0.25, 0.3) is 0 Å². The highest BCUT2D eigenvalue weighted by atomic mass is 16.5. The van der Waals surface area contributed by atoms with E-state index < -0.39 is 0 Å². The summed E-state index contributed by atoms with van der Waals surface area (Å²) in [6.07, 6.45) is 4.38. The third kappa shape index (κ3) is 2.89. The van der Waals surface area contributed by atoms with Gasteiger partial charge in [-0.05, 0) is 12.3 Å². The molecule has 6 heteroatoms. The first-order valence-electron chi connectivity index (χ1n) is 7.13. The molecule has 2 aliphatic heterocycles. The van der Waals surface area contributed by atoms with Crippen LogP contribution in [0, 0.1) is 17.2 Å². The monoisotopic (exact) mass is 273 g/mol. The third-order valence-corrected chi connectivity index (χ3v) is 3.99. The normalized spacial score (nSPS) is 23.8. The molecule has 2 fully saturated rings. The lowest BCUT2D eigenvalue weighted by Crippen LogP contribution is -2.40. The first-order chi connectivity index (χ1) is 9.86. The fraction of sp³-hybridized carbons (Fsp3) is 0.643. The number of hydrogen-bond acceptors (Lipinski definition) is 6. The molecule has 0 aliphatic carbocycles. The molecule has 0 saturated carbocycles. The fourth-order valence-electron chi connectivity index (χ4n) is 2.96. The van der Waals surface area contributed by atoms with Crippen molar-refractivity contribution in [1.29, 1.82) is 5.26 Å². The van der Waals surface area contributed by atoms with E-state index in [1.165, 1.54) is 0 Å². The molecule has 1 aromatic rings. The minimum Gasteiger partial charge on any atom is -0.379 e. The molecule has 6 nitrogen and oxygen atoms in total. The molecule has 2 aliphatic rings. The molecular formula is C14H19N5O. The Labute approximate surface area is 119 Å². The van der Waals surface area contributed by atoms with E-state index in [9.17, 15) is 0 Å². The number of nitriles is 1. The summed E-state index contributed by atoms with van der Waals surface area (Å²) in [7, 11) is 0. The quantitative estimate of drug-likeness (QED) is 0.799. The molecule has 0 spiro atoms. The predicted octanol–water partition coefficient (Wildman–Crippen LogP) is 0.507. The zero-order valence-corrected chi connectivity index (χ0v) is 11.5. The maximum Gasteiger partial charge on any atom is 0.183 e. The molecular weight excluding hydrogens is 254 g/mol. The SMILES string of the molecule is N#Cc1nccnc1N1CCC(CN2CCOCC2)C1.